The zero-order valence-electron chi connectivity index (χ0n) is 9.95. The summed E-state index contributed by atoms with van der Waals surface area (Å²) in [6.07, 6.45) is 2.98. The van der Waals surface area contributed by atoms with Gasteiger partial charge in [-0.05, 0) is 24.3 Å². The van der Waals surface area contributed by atoms with Crippen molar-refractivity contribution >= 4 is 22.5 Å². The Kier molecular flexibility index (Phi) is 3.01. The number of fused-ring (bicyclic) bond motifs is 1. The van der Waals surface area contributed by atoms with E-state index in [4.69, 9.17) is 11.6 Å². The van der Waals surface area contributed by atoms with E-state index in [9.17, 15) is 4.79 Å². The number of pyridine rings is 1. The lowest BCUT2D eigenvalue weighted by Gasteiger charge is -2.08. The molecule has 94 valence electrons. The van der Waals surface area contributed by atoms with E-state index >= 15 is 0 Å². The number of rotatable bonds is 2. The topological polar surface area (TPSA) is 47.8 Å². The fraction of sp³-hybridized carbons (Fsp3) is 0.0714. The molecule has 3 aromatic rings. The van der Waals surface area contributed by atoms with Crippen LogP contribution in [0.1, 0.15) is 5.69 Å². The van der Waals surface area contributed by atoms with Gasteiger partial charge in [0.1, 0.15) is 0 Å². The second kappa shape index (κ2) is 4.82. The molecule has 0 atom stereocenters. The summed E-state index contributed by atoms with van der Waals surface area (Å²) < 4.78 is 1.75. The van der Waals surface area contributed by atoms with Gasteiger partial charge in [0.05, 0.1) is 24.0 Å². The van der Waals surface area contributed by atoms with Crippen LogP contribution in [0.15, 0.2) is 53.6 Å². The Balaban J connectivity index is 2.11. The molecule has 4 nitrogen and oxygen atoms in total. The first-order chi connectivity index (χ1) is 9.24. The molecule has 0 spiro atoms. The van der Waals surface area contributed by atoms with Gasteiger partial charge in [0.2, 0.25) is 5.43 Å². The van der Waals surface area contributed by atoms with Crippen LogP contribution in [0.4, 0.5) is 0 Å². The van der Waals surface area contributed by atoms with E-state index in [2.05, 4.69) is 10.1 Å². The summed E-state index contributed by atoms with van der Waals surface area (Å²) in [7, 11) is 0. The molecule has 0 radical (unpaired) electrons. The Hall–Kier alpha value is -2.20. The molecule has 1 aromatic carbocycles. The lowest BCUT2D eigenvalue weighted by Crippen LogP contribution is -2.13. The summed E-state index contributed by atoms with van der Waals surface area (Å²) in [5.41, 5.74) is 1.51. The first-order valence-electron chi connectivity index (χ1n) is 5.79. The number of halogens is 1. The van der Waals surface area contributed by atoms with Crippen LogP contribution in [0.3, 0.4) is 0 Å². The van der Waals surface area contributed by atoms with Crippen molar-refractivity contribution < 1.29 is 0 Å². The lowest BCUT2D eigenvalue weighted by molar-refractivity contribution is 0.681. The molecule has 0 aliphatic rings. The van der Waals surface area contributed by atoms with E-state index in [1.807, 2.05) is 18.2 Å². The van der Waals surface area contributed by atoms with Crippen LogP contribution >= 0.6 is 11.6 Å². The predicted molar refractivity (Wildman–Crippen MR) is 74.4 cm³/mol. The van der Waals surface area contributed by atoms with Gasteiger partial charge in [-0.1, -0.05) is 23.7 Å². The Labute approximate surface area is 114 Å². The van der Waals surface area contributed by atoms with Crippen molar-refractivity contribution in [3.05, 3.63) is 69.7 Å². The number of hydrogen-bond donors (Lipinski definition) is 0. The highest BCUT2D eigenvalue weighted by Crippen LogP contribution is 2.12. The van der Waals surface area contributed by atoms with Crippen LogP contribution in [-0.2, 0) is 6.54 Å². The second-order valence-electron chi connectivity index (χ2n) is 4.15. The third-order valence-electron chi connectivity index (χ3n) is 2.85. The van der Waals surface area contributed by atoms with Gasteiger partial charge in [-0.3, -0.25) is 14.5 Å². The number of hydrogen-bond acceptors (Lipinski definition) is 3. The van der Waals surface area contributed by atoms with Crippen molar-refractivity contribution in [2.24, 2.45) is 0 Å². The third-order valence-corrected chi connectivity index (χ3v) is 3.09. The lowest BCUT2D eigenvalue weighted by atomic mass is 10.2. The van der Waals surface area contributed by atoms with Gasteiger partial charge in [-0.2, -0.15) is 5.10 Å². The fourth-order valence-corrected chi connectivity index (χ4v) is 2.16. The summed E-state index contributed by atoms with van der Waals surface area (Å²) in [6, 6.07) is 10.9. The second-order valence-corrected chi connectivity index (χ2v) is 4.59. The molecular weight excluding hydrogens is 262 g/mol. The summed E-state index contributed by atoms with van der Waals surface area (Å²) in [5.74, 6) is 0. The SMILES string of the molecule is O=c1cnn(Cc2cc(Cl)ccn2)c2ccccc12. The number of benzene rings is 1. The van der Waals surface area contributed by atoms with Crippen LogP contribution in [0.5, 0.6) is 0 Å². The zero-order valence-corrected chi connectivity index (χ0v) is 10.7. The molecule has 0 saturated heterocycles. The molecule has 0 amide bonds. The maximum atomic E-state index is 11.7. The van der Waals surface area contributed by atoms with Crippen molar-refractivity contribution in [2.45, 2.75) is 6.54 Å². The van der Waals surface area contributed by atoms with E-state index in [-0.39, 0.29) is 5.43 Å². The minimum absolute atomic E-state index is 0.0779. The Morgan fingerprint density at radius 2 is 2.05 bits per heavy atom. The Morgan fingerprint density at radius 1 is 1.21 bits per heavy atom. The predicted octanol–water partition coefficient (Wildman–Crippen LogP) is 2.49. The van der Waals surface area contributed by atoms with Crippen LogP contribution in [0.2, 0.25) is 5.02 Å². The molecule has 19 heavy (non-hydrogen) atoms. The molecule has 0 N–H and O–H groups in total. The van der Waals surface area contributed by atoms with Crippen molar-refractivity contribution in [3.63, 3.8) is 0 Å². The molecule has 0 aliphatic carbocycles. The molecule has 3 rings (SSSR count). The molecule has 0 aliphatic heterocycles. The molecule has 0 bridgehead atoms. The van der Waals surface area contributed by atoms with Gasteiger partial charge >= 0.3 is 0 Å². The van der Waals surface area contributed by atoms with E-state index < -0.39 is 0 Å². The molecule has 2 aromatic heterocycles. The van der Waals surface area contributed by atoms with E-state index in [0.29, 0.717) is 17.0 Å². The Morgan fingerprint density at radius 3 is 2.89 bits per heavy atom. The average molecular weight is 272 g/mol. The summed E-state index contributed by atoms with van der Waals surface area (Å²) in [4.78, 5) is 16.0. The maximum Gasteiger partial charge on any atom is 0.207 e. The first-order valence-corrected chi connectivity index (χ1v) is 6.17. The van der Waals surface area contributed by atoms with Crippen molar-refractivity contribution in [3.8, 4) is 0 Å². The van der Waals surface area contributed by atoms with Crippen LogP contribution in [0, 0.1) is 0 Å². The number of aromatic nitrogens is 3. The fourth-order valence-electron chi connectivity index (χ4n) is 1.98. The number of nitrogens with zero attached hydrogens (tertiary/aromatic N) is 3. The van der Waals surface area contributed by atoms with Crippen molar-refractivity contribution in [2.75, 3.05) is 0 Å². The van der Waals surface area contributed by atoms with Crippen molar-refractivity contribution in [1.29, 1.82) is 0 Å². The summed E-state index contributed by atoms with van der Waals surface area (Å²) >= 11 is 5.93. The Bertz CT molecular complexity index is 798. The van der Waals surface area contributed by atoms with Crippen LogP contribution < -0.4 is 5.43 Å². The van der Waals surface area contributed by atoms with Gasteiger partial charge in [-0.15, -0.1) is 0 Å². The van der Waals surface area contributed by atoms with E-state index in [1.165, 1.54) is 6.20 Å². The molecule has 0 saturated carbocycles. The molecule has 2 heterocycles. The monoisotopic (exact) mass is 271 g/mol. The average Bonchev–Trinajstić information content (AvgIpc) is 2.42. The highest BCUT2D eigenvalue weighted by atomic mass is 35.5. The van der Waals surface area contributed by atoms with Gasteiger partial charge in [-0.25, -0.2) is 0 Å². The van der Waals surface area contributed by atoms with Gasteiger partial charge in [0, 0.05) is 16.6 Å². The largest absolute Gasteiger partial charge is 0.287 e. The molecular formula is C14H10ClN3O. The third kappa shape index (κ3) is 2.35. The van der Waals surface area contributed by atoms with E-state index in [0.717, 1.165) is 11.2 Å². The minimum atomic E-state index is -0.0779. The summed E-state index contributed by atoms with van der Waals surface area (Å²) in [6.45, 7) is 0.474. The highest BCUT2D eigenvalue weighted by molar-refractivity contribution is 6.30. The van der Waals surface area contributed by atoms with Gasteiger partial charge in [0.15, 0.2) is 0 Å². The summed E-state index contributed by atoms with van der Waals surface area (Å²) in [5, 5.41) is 5.44. The minimum Gasteiger partial charge on any atom is -0.287 e. The molecule has 5 heteroatoms. The quantitative estimate of drug-likeness (QED) is 0.719. The van der Waals surface area contributed by atoms with Gasteiger partial charge < -0.3 is 0 Å². The standard InChI is InChI=1S/C14H10ClN3O/c15-10-5-6-16-11(7-10)9-18-13-4-2-1-3-12(13)14(19)8-17-18/h1-8H,9H2. The van der Waals surface area contributed by atoms with Crippen LogP contribution in [0.25, 0.3) is 10.9 Å². The number of para-hydroxylation sites is 1. The normalized spacial score (nSPS) is 10.8. The zero-order chi connectivity index (χ0) is 13.2. The van der Waals surface area contributed by atoms with Gasteiger partial charge in [0.25, 0.3) is 0 Å². The van der Waals surface area contributed by atoms with Crippen LogP contribution in [-0.4, -0.2) is 14.8 Å². The highest BCUT2D eigenvalue weighted by Gasteiger charge is 2.04. The molecule has 0 unspecified atom stereocenters. The maximum absolute atomic E-state index is 11.7. The first kappa shape index (κ1) is 11.9. The smallest absolute Gasteiger partial charge is 0.207 e. The van der Waals surface area contributed by atoms with Crippen molar-refractivity contribution in [1.82, 2.24) is 14.8 Å². The molecule has 0 fully saturated rings. The van der Waals surface area contributed by atoms with E-state index in [1.54, 1.807) is 29.1 Å².